The predicted octanol–water partition coefficient (Wildman–Crippen LogP) is 3.25. The Kier molecular flexibility index (Phi) is 6.51. The summed E-state index contributed by atoms with van der Waals surface area (Å²) in [4.78, 5) is 24.2. The third-order valence-electron chi connectivity index (χ3n) is 5.93. The van der Waals surface area contributed by atoms with Gasteiger partial charge in [-0.3, -0.25) is 4.79 Å². The Bertz CT molecular complexity index is 1270. The van der Waals surface area contributed by atoms with Crippen molar-refractivity contribution in [3.8, 4) is 0 Å². The summed E-state index contributed by atoms with van der Waals surface area (Å²) in [5.74, 6) is 1.24. The summed E-state index contributed by atoms with van der Waals surface area (Å²) in [5.41, 5.74) is 1.26. The molecule has 0 aliphatic heterocycles. The molecule has 1 aromatic heterocycles. The first-order valence-corrected chi connectivity index (χ1v) is 12.9. The molecule has 8 nitrogen and oxygen atoms in total. The van der Waals surface area contributed by atoms with Crippen molar-refractivity contribution in [3.05, 3.63) is 54.1 Å². The molecule has 1 saturated carbocycles. The van der Waals surface area contributed by atoms with Gasteiger partial charge in [-0.15, -0.1) is 0 Å². The number of amides is 1. The lowest BCUT2D eigenvalue weighted by Crippen LogP contribution is -2.40. The Morgan fingerprint density at radius 2 is 1.67 bits per heavy atom. The van der Waals surface area contributed by atoms with Gasteiger partial charge in [0.05, 0.1) is 10.4 Å². The zero-order valence-corrected chi connectivity index (χ0v) is 19.9. The van der Waals surface area contributed by atoms with Gasteiger partial charge in [0, 0.05) is 43.4 Å². The first-order valence-electron chi connectivity index (χ1n) is 11.0. The van der Waals surface area contributed by atoms with Crippen LogP contribution in [0.3, 0.4) is 0 Å². The molecule has 0 atom stereocenters. The van der Waals surface area contributed by atoms with Crippen molar-refractivity contribution in [1.29, 1.82) is 0 Å². The second-order valence-electron chi connectivity index (χ2n) is 8.75. The number of nitrogens with one attached hydrogen (secondary N) is 2. The maximum Gasteiger partial charge on any atom is 0.251 e. The van der Waals surface area contributed by atoms with Gasteiger partial charge in [0.25, 0.3) is 5.91 Å². The van der Waals surface area contributed by atoms with E-state index in [1.165, 1.54) is 12.1 Å². The Morgan fingerprint density at radius 1 is 0.970 bits per heavy atom. The van der Waals surface area contributed by atoms with E-state index in [1.54, 1.807) is 12.1 Å². The number of fused-ring (bicyclic) bond motifs is 1. The molecule has 1 heterocycles. The van der Waals surface area contributed by atoms with Crippen molar-refractivity contribution >= 4 is 38.4 Å². The van der Waals surface area contributed by atoms with Crippen LogP contribution in [0.5, 0.6) is 0 Å². The molecular formula is C24H29N5O3S. The molecule has 0 bridgehead atoms. The van der Waals surface area contributed by atoms with Gasteiger partial charge in [-0.25, -0.2) is 13.4 Å². The van der Waals surface area contributed by atoms with Gasteiger partial charge >= 0.3 is 0 Å². The molecule has 9 heteroatoms. The van der Waals surface area contributed by atoms with Gasteiger partial charge in [-0.1, -0.05) is 18.2 Å². The van der Waals surface area contributed by atoms with Crippen LogP contribution in [-0.4, -0.2) is 56.7 Å². The smallest absolute Gasteiger partial charge is 0.251 e. The first-order chi connectivity index (χ1) is 15.7. The third-order valence-corrected chi connectivity index (χ3v) is 7.04. The second-order valence-corrected chi connectivity index (χ2v) is 10.8. The van der Waals surface area contributed by atoms with Crippen LogP contribution in [-0.2, 0) is 9.84 Å². The van der Waals surface area contributed by atoms with Crippen LogP contribution in [0.4, 0.5) is 11.8 Å². The molecule has 1 aliphatic carbocycles. The number of hydrogen-bond donors (Lipinski definition) is 2. The van der Waals surface area contributed by atoms with Crippen LogP contribution in [0.1, 0.15) is 36.0 Å². The molecule has 1 amide bonds. The van der Waals surface area contributed by atoms with Gasteiger partial charge in [-0.05, 0) is 56.0 Å². The zero-order chi connectivity index (χ0) is 23.6. The van der Waals surface area contributed by atoms with Crippen LogP contribution in [0.15, 0.2) is 53.4 Å². The number of para-hydroxylation sites is 1. The van der Waals surface area contributed by atoms with Crippen LogP contribution in [0.2, 0.25) is 0 Å². The molecule has 0 unspecified atom stereocenters. The topological polar surface area (TPSA) is 104 Å². The summed E-state index contributed by atoms with van der Waals surface area (Å²) >= 11 is 0. The fourth-order valence-electron chi connectivity index (χ4n) is 4.17. The van der Waals surface area contributed by atoms with E-state index in [2.05, 4.69) is 15.6 Å². The summed E-state index contributed by atoms with van der Waals surface area (Å²) < 4.78 is 23.5. The van der Waals surface area contributed by atoms with E-state index in [1.807, 2.05) is 43.3 Å². The van der Waals surface area contributed by atoms with E-state index < -0.39 is 9.84 Å². The maximum atomic E-state index is 12.6. The number of carbonyl (C=O) groups is 1. The predicted molar refractivity (Wildman–Crippen MR) is 131 cm³/mol. The monoisotopic (exact) mass is 467 g/mol. The number of hydrogen-bond acceptors (Lipinski definition) is 7. The standard InChI is InChI=1S/C24H29N5O3S/c1-29(2)22-20-9-4-5-10-21(20)27-24(28-22)26-18-13-11-17(12-14-18)25-23(30)16-7-6-8-19(15-16)33(3,31)32/h4-10,15,17-18H,11-14H2,1-3H3,(H,25,30)(H,26,27,28)/t17-,18+. The Hall–Kier alpha value is -3.20. The molecule has 2 aromatic carbocycles. The van der Waals surface area contributed by atoms with Crippen molar-refractivity contribution in [3.63, 3.8) is 0 Å². The highest BCUT2D eigenvalue weighted by atomic mass is 32.2. The van der Waals surface area contributed by atoms with Crippen LogP contribution >= 0.6 is 0 Å². The Morgan fingerprint density at radius 3 is 2.36 bits per heavy atom. The minimum Gasteiger partial charge on any atom is -0.362 e. The SMILES string of the molecule is CN(C)c1nc(N[C@H]2CC[C@@H](NC(=O)c3cccc(S(C)(=O)=O)c3)CC2)nc2ccccc12. The maximum absolute atomic E-state index is 12.6. The van der Waals surface area contributed by atoms with Gasteiger partial charge in [-0.2, -0.15) is 4.98 Å². The molecule has 3 aromatic rings. The highest BCUT2D eigenvalue weighted by molar-refractivity contribution is 7.90. The second kappa shape index (κ2) is 9.35. The summed E-state index contributed by atoms with van der Waals surface area (Å²) in [6.45, 7) is 0. The Labute approximate surface area is 194 Å². The van der Waals surface area contributed by atoms with Crippen molar-refractivity contribution in [1.82, 2.24) is 15.3 Å². The van der Waals surface area contributed by atoms with E-state index in [0.717, 1.165) is 48.7 Å². The lowest BCUT2D eigenvalue weighted by molar-refractivity contribution is 0.0926. The fourth-order valence-corrected chi connectivity index (χ4v) is 4.83. The van der Waals surface area contributed by atoms with Gasteiger partial charge in [0.1, 0.15) is 5.82 Å². The largest absolute Gasteiger partial charge is 0.362 e. The molecular weight excluding hydrogens is 438 g/mol. The quantitative estimate of drug-likeness (QED) is 0.573. The molecule has 33 heavy (non-hydrogen) atoms. The first kappa shape index (κ1) is 23.0. The van der Waals surface area contributed by atoms with Gasteiger partial charge in [0.15, 0.2) is 9.84 Å². The molecule has 174 valence electrons. The van der Waals surface area contributed by atoms with Crippen LogP contribution in [0.25, 0.3) is 10.9 Å². The number of carbonyl (C=O) groups excluding carboxylic acids is 1. The van der Waals surface area contributed by atoms with Gasteiger partial charge < -0.3 is 15.5 Å². The van der Waals surface area contributed by atoms with E-state index in [-0.39, 0.29) is 22.9 Å². The van der Waals surface area contributed by atoms with Gasteiger partial charge in [0.2, 0.25) is 5.95 Å². The normalized spacial score (nSPS) is 18.6. The number of aromatic nitrogens is 2. The summed E-state index contributed by atoms with van der Waals surface area (Å²) in [5, 5.41) is 7.53. The number of rotatable bonds is 6. The number of nitrogens with zero attached hydrogens (tertiary/aromatic N) is 3. The molecule has 0 radical (unpaired) electrons. The van der Waals surface area contributed by atoms with Crippen molar-refractivity contribution < 1.29 is 13.2 Å². The van der Waals surface area contributed by atoms with Crippen LogP contribution in [0, 0.1) is 0 Å². The third kappa shape index (κ3) is 5.42. The Balaban J connectivity index is 1.37. The van der Waals surface area contributed by atoms with Crippen molar-refractivity contribution in [2.75, 3.05) is 30.6 Å². The molecule has 4 rings (SSSR count). The molecule has 1 fully saturated rings. The average molecular weight is 468 g/mol. The summed E-state index contributed by atoms with van der Waals surface area (Å²) in [6, 6.07) is 14.4. The summed E-state index contributed by atoms with van der Waals surface area (Å²) in [7, 11) is 0.586. The van der Waals surface area contributed by atoms with E-state index in [9.17, 15) is 13.2 Å². The fraction of sp³-hybridized carbons (Fsp3) is 0.375. The lowest BCUT2D eigenvalue weighted by Gasteiger charge is -2.30. The lowest BCUT2D eigenvalue weighted by atomic mass is 9.91. The molecule has 2 N–H and O–H groups in total. The number of anilines is 2. The average Bonchev–Trinajstić information content (AvgIpc) is 2.79. The van der Waals surface area contributed by atoms with Crippen LogP contribution < -0.4 is 15.5 Å². The molecule has 0 saturated heterocycles. The zero-order valence-electron chi connectivity index (χ0n) is 19.1. The highest BCUT2D eigenvalue weighted by Gasteiger charge is 2.24. The highest BCUT2D eigenvalue weighted by Crippen LogP contribution is 2.26. The van der Waals surface area contributed by atoms with Crippen molar-refractivity contribution in [2.24, 2.45) is 0 Å². The molecule has 0 spiro atoms. The number of benzene rings is 2. The minimum atomic E-state index is -3.35. The summed E-state index contributed by atoms with van der Waals surface area (Å²) in [6.07, 6.45) is 4.54. The van der Waals surface area contributed by atoms with E-state index >= 15 is 0 Å². The van der Waals surface area contributed by atoms with Crippen molar-refractivity contribution in [2.45, 2.75) is 42.7 Å². The van der Waals surface area contributed by atoms with E-state index in [4.69, 9.17) is 4.98 Å². The van der Waals surface area contributed by atoms with E-state index in [0.29, 0.717) is 11.5 Å². The molecule has 1 aliphatic rings. The number of sulfone groups is 1. The minimum absolute atomic E-state index is 0.0484.